The summed E-state index contributed by atoms with van der Waals surface area (Å²) < 4.78 is 9.00. The van der Waals surface area contributed by atoms with E-state index in [1.807, 2.05) is 18.5 Å². The Morgan fingerprint density at radius 1 is 1.38 bits per heavy atom. The smallest absolute Gasteiger partial charge is 0.207 e. The number of hydrogen-bond donors (Lipinski definition) is 1. The molecule has 0 saturated carbocycles. The molecule has 0 radical (unpaired) electrons. The van der Waals surface area contributed by atoms with Crippen molar-refractivity contribution in [1.82, 2.24) is 19.3 Å². The lowest BCUT2D eigenvalue weighted by atomic mass is 10.3. The van der Waals surface area contributed by atoms with Crippen LogP contribution in [0, 0.1) is 0 Å². The number of nitrogens with zero attached hydrogens (tertiary/aromatic N) is 4. The van der Waals surface area contributed by atoms with E-state index in [0.717, 1.165) is 29.0 Å². The molecule has 110 valence electrons. The molecule has 0 spiro atoms. The molecule has 3 aromatic rings. The number of nitrogens with two attached hydrogens (primary N) is 1. The lowest BCUT2D eigenvalue weighted by molar-refractivity contribution is 0.413. The summed E-state index contributed by atoms with van der Waals surface area (Å²) in [6.45, 7) is 2.04. The third-order valence-electron chi connectivity index (χ3n) is 3.45. The fourth-order valence-electron chi connectivity index (χ4n) is 2.51. The van der Waals surface area contributed by atoms with Crippen molar-refractivity contribution in [2.75, 3.05) is 12.8 Å². The van der Waals surface area contributed by atoms with Gasteiger partial charge in [0, 0.05) is 12.1 Å². The number of benzene rings is 1. The van der Waals surface area contributed by atoms with Gasteiger partial charge in [-0.3, -0.25) is 4.57 Å². The Morgan fingerprint density at radius 2 is 2.14 bits per heavy atom. The number of ether oxygens (including phenoxy) is 1. The van der Waals surface area contributed by atoms with E-state index in [0.29, 0.717) is 16.7 Å². The highest BCUT2D eigenvalue weighted by atomic mass is 35.5. The van der Waals surface area contributed by atoms with Gasteiger partial charge in [-0.05, 0) is 24.6 Å². The van der Waals surface area contributed by atoms with Gasteiger partial charge in [0.2, 0.25) is 5.95 Å². The van der Waals surface area contributed by atoms with Crippen LogP contribution in [0.2, 0.25) is 5.02 Å². The molecule has 2 N–H and O–H groups in total. The molecule has 0 amide bonds. The Labute approximate surface area is 127 Å². The zero-order chi connectivity index (χ0) is 15.1. The highest BCUT2D eigenvalue weighted by molar-refractivity contribution is 6.30. The number of halogens is 1. The zero-order valence-electron chi connectivity index (χ0n) is 12.1. The summed E-state index contributed by atoms with van der Waals surface area (Å²) in [6.07, 6.45) is 0.792. The molecular formula is C14H16ClN5O. The molecule has 0 saturated heterocycles. The fourth-order valence-corrected chi connectivity index (χ4v) is 2.68. The van der Waals surface area contributed by atoms with Crippen molar-refractivity contribution >= 4 is 28.7 Å². The normalized spacial score (nSPS) is 11.2. The van der Waals surface area contributed by atoms with Crippen LogP contribution in [0.4, 0.5) is 5.95 Å². The van der Waals surface area contributed by atoms with Crippen LogP contribution in [0.1, 0.15) is 12.6 Å². The minimum Gasteiger partial charge on any atom is -0.495 e. The van der Waals surface area contributed by atoms with Gasteiger partial charge in [-0.1, -0.05) is 18.5 Å². The molecule has 6 nitrogen and oxygen atoms in total. The van der Waals surface area contributed by atoms with E-state index >= 15 is 0 Å². The summed E-state index contributed by atoms with van der Waals surface area (Å²) in [5.41, 5.74) is 9.40. The van der Waals surface area contributed by atoms with Crippen LogP contribution in [0.5, 0.6) is 5.75 Å². The summed E-state index contributed by atoms with van der Waals surface area (Å²) in [5.74, 6) is 1.05. The minimum absolute atomic E-state index is 0.383. The standard InChI is InChI=1S/C14H16ClN5O/c1-4-9-12-13(19(2)18-9)20(14(16)17-12)10-7-8(15)5-6-11(10)21-3/h5-7H,4H2,1-3H3,(H2,16,17). The van der Waals surface area contributed by atoms with E-state index in [-0.39, 0.29) is 0 Å². The summed E-state index contributed by atoms with van der Waals surface area (Å²) in [4.78, 5) is 4.44. The summed E-state index contributed by atoms with van der Waals surface area (Å²) in [5, 5.41) is 5.08. The van der Waals surface area contributed by atoms with E-state index < -0.39 is 0 Å². The Balaban J connectivity index is 2.37. The van der Waals surface area contributed by atoms with E-state index in [2.05, 4.69) is 10.1 Å². The first-order valence-electron chi connectivity index (χ1n) is 6.60. The average Bonchev–Trinajstić information content (AvgIpc) is 2.95. The number of imidazole rings is 1. The van der Waals surface area contributed by atoms with Gasteiger partial charge in [0.1, 0.15) is 11.3 Å². The first kappa shape index (κ1) is 13.8. The molecule has 0 aliphatic heterocycles. The average molecular weight is 306 g/mol. The van der Waals surface area contributed by atoms with Crippen LogP contribution in [-0.4, -0.2) is 26.4 Å². The number of methoxy groups -OCH3 is 1. The van der Waals surface area contributed by atoms with Crippen LogP contribution in [0.3, 0.4) is 0 Å². The van der Waals surface area contributed by atoms with Gasteiger partial charge >= 0.3 is 0 Å². The first-order valence-corrected chi connectivity index (χ1v) is 6.98. The number of hydrogen-bond acceptors (Lipinski definition) is 4. The van der Waals surface area contributed by atoms with Crippen LogP contribution < -0.4 is 10.5 Å². The molecule has 2 aromatic heterocycles. The predicted octanol–water partition coefficient (Wildman–Crippen LogP) is 2.57. The highest BCUT2D eigenvalue weighted by Gasteiger charge is 2.20. The number of aromatic nitrogens is 4. The molecule has 0 unspecified atom stereocenters. The van der Waals surface area contributed by atoms with E-state index in [4.69, 9.17) is 22.1 Å². The van der Waals surface area contributed by atoms with Crippen molar-refractivity contribution in [3.8, 4) is 11.4 Å². The number of rotatable bonds is 3. The second-order valence-electron chi connectivity index (χ2n) is 4.72. The molecule has 0 atom stereocenters. The van der Waals surface area contributed by atoms with Gasteiger partial charge in [-0.2, -0.15) is 5.10 Å². The fraction of sp³-hybridized carbons (Fsp3) is 0.286. The Hall–Kier alpha value is -2.21. The largest absolute Gasteiger partial charge is 0.495 e. The maximum atomic E-state index is 6.11. The number of nitrogen functional groups attached to an aromatic ring is 1. The Morgan fingerprint density at radius 3 is 2.81 bits per heavy atom. The zero-order valence-corrected chi connectivity index (χ0v) is 12.8. The van der Waals surface area contributed by atoms with Crippen molar-refractivity contribution < 1.29 is 4.74 Å². The van der Waals surface area contributed by atoms with Crippen LogP contribution in [0.25, 0.3) is 16.9 Å². The van der Waals surface area contributed by atoms with Gasteiger partial charge in [0.15, 0.2) is 5.65 Å². The molecular weight excluding hydrogens is 290 g/mol. The summed E-state index contributed by atoms with van der Waals surface area (Å²) in [6, 6.07) is 5.38. The molecule has 21 heavy (non-hydrogen) atoms. The molecule has 0 bridgehead atoms. The van der Waals surface area contributed by atoms with Crippen molar-refractivity contribution in [2.45, 2.75) is 13.3 Å². The van der Waals surface area contributed by atoms with Crippen LogP contribution >= 0.6 is 11.6 Å². The monoisotopic (exact) mass is 305 g/mol. The molecule has 7 heteroatoms. The lowest BCUT2D eigenvalue weighted by Gasteiger charge is -2.12. The lowest BCUT2D eigenvalue weighted by Crippen LogP contribution is -2.06. The molecule has 3 rings (SSSR count). The Kier molecular flexibility index (Phi) is 3.25. The van der Waals surface area contributed by atoms with Crippen molar-refractivity contribution in [1.29, 1.82) is 0 Å². The van der Waals surface area contributed by atoms with Gasteiger partial charge in [0.05, 0.1) is 18.5 Å². The second kappa shape index (κ2) is 4.96. The first-order chi connectivity index (χ1) is 10.1. The number of fused-ring (bicyclic) bond motifs is 1. The third kappa shape index (κ3) is 2.03. The number of aryl methyl sites for hydroxylation is 2. The predicted molar refractivity (Wildman–Crippen MR) is 83.2 cm³/mol. The van der Waals surface area contributed by atoms with Crippen molar-refractivity contribution in [2.24, 2.45) is 7.05 Å². The summed E-state index contributed by atoms with van der Waals surface area (Å²) in [7, 11) is 3.48. The maximum absolute atomic E-state index is 6.11. The van der Waals surface area contributed by atoms with Crippen LogP contribution in [-0.2, 0) is 13.5 Å². The summed E-state index contributed by atoms with van der Waals surface area (Å²) >= 11 is 6.11. The van der Waals surface area contributed by atoms with E-state index in [1.165, 1.54) is 0 Å². The third-order valence-corrected chi connectivity index (χ3v) is 3.68. The second-order valence-corrected chi connectivity index (χ2v) is 5.15. The highest BCUT2D eigenvalue weighted by Crippen LogP contribution is 2.32. The molecule has 1 aromatic carbocycles. The van der Waals surface area contributed by atoms with Gasteiger partial charge in [-0.25, -0.2) is 9.67 Å². The van der Waals surface area contributed by atoms with Gasteiger partial charge < -0.3 is 10.5 Å². The minimum atomic E-state index is 0.383. The van der Waals surface area contributed by atoms with Crippen molar-refractivity contribution in [3.05, 3.63) is 28.9 Å². The van der Waals surface area contributed by atoms with E-state index in [9.17, 15) is 0 Å². The molecule has 2 heterocycles. The quantitative estimate of drug-likeness (QED) is 0.807. The van der Waals surface area contributed by atoms with E-state index in [1.54, 1.807) is 30.0 Å². The number of anilines is 1. The molecule has 0 fully saturated rings. The van der Waals surface area contributed by atoms with Crippen LogP contribution in [0.15, 0.2) is 18.2 Å². The topological polar surface area (TPSA) is 70.9 Å². The van der Waals surface area contributed by atoms with Gasteiger partial charge in [0.25, 0.3) is 0 Å². The SMILES string of the molecule is CCc1nn(C)c2c1nc(N)n2-c1cc(Cl)ccc1OC. The van der Waals surface area contributed by atoms with Crippen molar-refractivity contribution in [3.63, 3.8) is 0 Å². The molecule has 0 aliphatic rings. The molecule has 0 aliphatic carbocycles. The Bertz CT molecular complexity index is 820. The maximum Gasteiger partial charge on any atom is 0.207 e. The van der Waals surface area contributed by atoms with Gasteiger partial charge in [-0.15, -0.1) is 0 Å².